The van der Waals surface area contributed by atoms with Crippen LogP contribution in [0.4, 0.5) is 0 Å². The van der Waals surface area contributed by atoms with Gasteiger partial charge >= 0.3 is 0 Å². The van der Waals surface area contributed by atoms with Gasteiger partial charge in [-0.25, -0.2) is 0 Å². The number of nitrogens with zero attached hydrogens (tertiary/aromatic N) is 1. The van der Waals surface area contributed by atoms with E-state index in [0.717, 1.165) is 5.56 Å². The van der Waals surface area contributed by atoms with E-state index in [1.54, 1.807) is 12.1 Å². The highest BCUT2D eigenvalue weighted by Crippen LogP contribution is 2.24. The van der Waals surface area contributed by atoms with Crippen molar-refractivity contribution >= 4 is 0 Å². The van der Waals surface area contributed by atoms with Crippen LogP contribution in [0.25, 0.3) is 11.1 Å². The first kappa shape index (κ1) is 12.4. The monoisotopic (exact) mass is 244 g/mol. The van der Waals surface area contributed by atoms with Gasteiger partial charge in [0.05, 0.1) is 0 Å². The van der Waals surface area contributed by atoms with E-state index in [-0.39, 0.29) is 22.9 Å². The molecule has 4 nitrogen and oxygen atoms in total. The molecule has 0 saturated heterocycles. The van der Waals surface area contributed by atoms with E-state index >= 15 is 0 Å². The molecule has 0 atom stereocenters. The fraction of sp³-hybridized carbons (Fsp3) is 0.286. The first-order valence-electron chi connectivity index (χ1n) is 5.89. The molecule has 1 aromatic heterocycles. The van der Waals surface area contributed by atoms with Gasteiger partial charge in [0, 0.05) is 5.92 Å². The van der Waals surface area contributed by atoms with Gasteiger partial charge < -0.3 is 10.1 Å². The third kappa shape index (κ3) is 2.27. The lowest BCUT2D eigenvalue weighted by atomic mass is 10.1. The summed E-state index contributed by atoms with van der Waals surface area (Å²) in [5.74, 6) is 0.343. The lowest BCUT2D eigenvalue weighted by Gasteiger charge is -2.08. The van der Waals surface area contributed by atoms with Crippen LogP contribution in [-0.2, 0) is 0 Å². The average Bonchev–Trinajstić information content (AvgIpc) is 2.30. The summed E-state index contributed by atoms with van der Waals surface area (Å²) < 4.78 is 0. The van der Waals surface area contributed by atoms with Crippen molar-refractivity contribution in [3.63, 3.8) is 0 Å². The zero-order valence-corrected chi connectivity index (χ0v) is 10.7. The molecule has 0 aliphatic heterocycles. The van der Waals surface area contributed by atoms with Gasteiger partial charge in [-0.2, -0.15) is 4.98 Å². The van der Waals surface area contributed by atoms with Crippen LogP contribution in [0.2, 0.25) is 0 Å². The Morgan fingerprint density at radius 1 is 1.22 bits per heavy atom. The minimum atomic E-state index is -0.310. The fourth-order valence-electron chi connectivity index (χ4n) is 1.73. The van der Waals surface area contributed by atoms with Crippen molar-refractivity contribution in [2.45, 2.75) is 26.7 Å². The van der Waals surface area contributed by atoms with Crippen molar-refractivity contribution < 1.29 is 5.11 Å². The highest BCUT2D eigenvalue weighted by Gasteiger charge is 2.14. The van der Waals surface area contributed by atoms with Gasteiger partial charge in [0.1, 0.15) is 11.4 Å². The summed E-state index contributed by atoms with van der Waals surface area (Å²) in [6, 6.07) is 7.39. The molecule has 0 unspecified atom stereocenters. The maximum Gasteiger partial charge on any atom is 0.262 e. The van der Waals surface area contributed by atoms with Crippen LogP contribution < -0.4 is 5.56 Å². The third-order valence-corrected chi connectivity index (χ3v) is 2.81. The van der Waals surface area contributed by atoms with Gasteiger partial charge in [0.15, 0.2) is 0 Å². The largest absolute Gasteiger partial charge is 0.493 e. The predicted molar refractivity (Wildman–Crippen MR) is 70.8 cm³/mol. The Balaban J connectivity index is 2.59. The summed E-state index contributed by atoms with van der Waals surface area (Å²) in [5.41, 5.74) is 1.68. The smallest absolute Gasteiger partial charge is 0.262 e. The Bertz CT molecular complexity index is 613. The molecule has 0 spiro atoms. The Kier molecular flexibility index (Phi) is 3.19. The van der Waals surface area contributed by atoms with Crippen molar-refractivity contribution in [3.05, 3.63) is 46.0 Å². The van der Waals surface area contributed by atoms with Gasteiger partial charge in [-0.3, -0.25) is 4.79 Å². The zero-order chi connectivity index (χ0) is 13.3. The van der Waals surface area contributed by atoms with E-state index in [2.05, 4.69) is 9.97 Å². The fourth-order valence-corrected chi connectivity index (χ4v) is 1.73. The van der Waals surface area contributed by atoms with Crippen molar-refractivity contribution in [1.82, 2.24) is 9.97 Å². The second kappa shape index (κ2) is 4.64. The summed E-state index contributed by atoms with van der Waals surface area (Å²) >= 11 is 0. The molecule has 2 N–H and O–H groups in total. The molecule has 18 heavy (non-hydrogen) atoms. The standard InChI is InChI=1S/C14H16N2O2/c1-8(2)12-15-13(17)11(14(18)16-12)10-6-4-9(3)5-7-10/h4-8H,1-3H3,(H2,15,16,17,18). The third-order valence-electron chi connectivity index (χ3n) is 2.81. The van der Waals surface area contributed by atoms with E-state index in [9.17, 15) is 9.90 Å². The van der Waals surface area contributed by atoms with Gasteiger partial charge in [0.25, 0.3) is 5.56 Å². The SMILES string of the molecule is Cc1ccc(-c2c(O)nc(C(C)C)[nH]c2=O)cc1. The molecular formula is C14H16N2O2. The van der Waals surface area contributed by atoms with E-state index in [1.165, 1.54) is 0 Å². The normalized spacial score (nSPS) is 10.9. The molecule has 1 heterocycles. The Morgan fingerprint density at radius 2 is 1.83 bits per heavy atom. The van der Waals surface area contributed by atoms with Gasteiger partial charge in [0.2, 0.25) is 5.88 Å². The Hall–Kier alpha value is -2.10. The molecular weight excluding hydrogens is 228 g/mol. The molecule has 0 fully saturated rings. The van der Waals surface area contributed by atoms with Crippen molar-refractivity contribution in [3.8, 4) is 17.0 Å². The first-order chi connectivity index (χ1) is 8.49. The number of nitrogens with one attached hydrogen (secondary N) is 1. The van der Waals surface area contributed by atoms with Crippen LogP contribution in [0.1, 0.15) is 31.2 Å². The lowest BCUT2D eigenvalue weighted by Crippen LogP contribution is -2.14. The summed E-state index contributed by atoms with van der Waals surface area (Å²) in [6.07, 6.45) is 0. The summed E-state index contributed by atoms with van der Waals surface area (Å²) in [4.78, 5) is 18.7. The van der Waals surface area contributed by atoms with Crippen LogP contribution in [0.3, 0.4) is 0 Å². The molecule has 0 saturated carbocycles. The zero-order valence-electron chi connectivity index (χ0n) is 10.7. The molecule has 94 valence electrons. The maximum atomic E-state index is 12.0. The van der Waals surface area contributed by atoms with Crippen LogP contribution in [0.5, 0.6) is 5.88 Å². The number of hydrogen-bond donors (Lipinski definition) is 2. The van der Waals surface area contributed by atoms with E-state index < -0.39 is 0 Å². The van der Waals surface area contributed by atoms with E-state index in [0.29, 0.717) is 11.4 Å². The van der Waals surface area contributed by atoms with Crippen LogP contribution in [0, 0.1) is 6.92 Å². The number of benzene rings is 1. The van der Waals surface area contributed by atoms with Crippen LogP contribution in [-0.4, -0.2) is 15.1 Å². The summed E-state index contributed by atoms with van der Waals surface area (Å²) in [5, 5.41) is 9.91. The van der Waals surface area contributed by atoms with E-state index in [1.807, 2.05) is 32.9 Å². The molecule has 2 aromatic rings. The molecule has 0 aliphatic rings. The molecule has 0 amide bonds. The van der Waals surface area contributed by atoms with Gasteiger partial charge in [-0.1, -0.05) is 43.7 Å². The molecule has 4 heteroatoms. The topological polar surface area (TPSA) is 66.0 Å². The van der Waals surface area contributed by atoms with E-state index in [4.69, 9.17) is 0 Å². The highest BCUT2D eigenvalue weighted by atomic mass is 16.3. The number of aromatic amines is 1. The summed E-state index contributed by atoms with van der Waals surface area (Å²) in [7, 11) is 0. The molecule has 0 bridgehead atoms. The molecule has 0 radical (unpaired) electrons. The Morgan fingerprint density at radius 3 is 2.33 bits per heavy atom. The van der Waals surface area contributed by atoms with Crippen LogP contribution in [0.15, 0.2) is 29.1 Å². The number of aromatic hydroxyl groups is 1. The second-order valence-corrected chi connectivity index (χ2v) is 4.67. The second-order valence-electron chi connectivity index (χ2n) is 4.67. The first-order valence-corrected chi connectivity index (χ1v) is 5.89. The number of aryl methyl sites for hydroxylation is 1. The number of H-pyrrole nitrogens is 1. The van der Waals surface area contributed by atoms with Gasteiger partial charge in [-0.05, 0) is 12.5 Å². The maximum absolute atomic E-state index is 12.0. The van der Waals surface area contributed by atoms with Crippen molar-refractivity contribution in [1.29, 1.82) is 0 Å². The average molecular weight is 244 g/mol. The molecule has 0 aliphatic carbocycles. The van der Waals surface area contributed by atoms with Crippen LogP contribution >= 0.6 is 0 Å². The predicted octanol–water partition coefficient (Wildman–Crippen LogP) is 2.57. The lowest BCUT2D eigenvalue weighted by molar-refractivity contribution is 0.448. The quantitative estimate of drug-likeness (QED) is 0.853. The minimum absolute atomic E-state index is 0.0654. The number of aromatic nitrogens is 2. The molecule has 2 rings (SSSR count). The van der Waals surface area contributed by atoms with Crippen molar-refractivity contribution in [2.75, 3.05) is 0 Å². The minimum Gasteiger partial charge on any atom is -0.493 e. The number of rotatable bonds is 2. The van der Waals surface area contributed by atoms with Crippen molar-refractivity contribution in [2.24, 2.45) is 0 Å². The molecule has 1 aromatic carbocycles. The highest BCUT2D eigenvalue weighted by molar-refractivity contribution is 5.67. The summed E-state index contributed by atoms with van der Waals surface area (Å²) in [6.45, 7) is 5.78. The van der Waals surface area contributed by atoms with Gasteiger partial charge in [-0.15, -0.1) is 0 Å². The number of hydrogen-bond acceptors (Lipinski definition) is 3. The Labute approximate surface area is 105 Å².